The summed E-state index contributed by atoms with van der Waals surface area (Å²) in [5.74, 6) is -0.294. The summed E-state index contributed by atoms with van der Waals surface area (Å²) in [6, 6.07) is 0. The molecule has 4 nitrogen and oxygen atoms in total. The van der Waals surface area contributed by atoms with Gasteiger partial charge in [-0.25, -0.2) is 0 Å². The molecule has 0 saturated heterocycles. The molecule has 9 heteroatoms. The molecule has 0 aromatic carbocycles. The van der Waals surface area contributed by atoms with Crippen LogP contribution >= 0.6 is 11.3 Å². The highest BCUT2D eigenvalue weighted by Gasteiger charge is 2.49. The minimum atomic E-state index is -5.61. The first-order valence-electron chi connectivity index (χ1n) is 4.32. The molecular formula is C8H6F3NO3S2. The van der Waals surface area contributed by atoms with Gasteiger partial charge in [0.15, 0.2) is 5.76 Å². The molecule has 0 atom stereocenters. The number of anilines is 1. The van der Waals surface area contributed by atoms with Crippen LogP contribution in [0.15, 0.2) is 16.8 Å². The summed E-state index contributed by atoms with van der Waals surface area (Å²) < 4.78 is 62.2. The third-order valence-electron chi connectivity index (χ3n) is 1.99. The minimum Gasteiger partial charge on any atom is -0.380 e. The summed E-state index contributed by atoms with van der Waals surface area (Å²) in [4.78, 5) is 0. The van der Waals surface area contributed by atoms with Crippen LogP contribution in [0.5, 0.6) is 0 Å². The lowest BCUT2D eigenvalue weighted by Crippen LogP contribution is -2.25. The fourth-order valence-electron chi connectivity index (χ4n) is 1.23. The zero-order valence-electron chi connectivity index (χ0n) is 8.11. The molecule has 0 bridgehead atoms. The standard InChI is InChI=1S/C8H6F3NO3S2/c9-8(10,11)17(13,14)15-7-1-2-12-6-4-16-3-5(6)7/h1,3-4,12H,2H2. The number of hydrogen-bond donors (Lipinski definition) is 1. The second-order valence-electron chi connectivity index (χ2n) is 3.13. The molecule has 0 saturated carbocycles. The second kappa shape index (κ2) is 3.91. The smallest absolute Gasteiger partial charge is 0.380 e. The quantitative estimate of drug-likeness (QED) is 0.669. The molecule has 1 N–H and O–H groups in total. The SMILES string of the molecule is O=S(=O)(OC1=CCNc2cscc21)C(F)(F)F. The van der Waals surface area contributed by atoms with Crippen molar-refractivity contribution in [2.45, 2.75) is 5.51 Å². The van der Waals surface area contributed by atoms with Crippen molar-refractivity contribution in [2.75, 3.05) is 11.9 Å². The zero-order valence-corrected chi connectivity index (χ0v) is 9.75. The first kappa shape index (κ1) is 12.2. The van der Waals surface area contributed by atoms with Gasteiger partial charge in [0.1, 0.15) is 0 Å². The highest BCUT2D eigenvalue weighted by atomic mass is 32.2. The predicted molar refractivity (Wildman–Crippen MR) is 56.8 cm³/mol. The van der Waals surface area contributed by atoms with Gasteiger partial charge in [0.25, 0.3) is 0 Å². The van der Waals surface area contributed by atoms with E-state index < -0.39 is 15.6 Å². The summed E-state index contributed by atoms with van der Waals surface area (Å²) in [5.41, 5.74) is -4.55. The van der Waals surface area contributed by atoms with Gasteiger partial charge in [-0.1, -0.05) is 0 Å². The van der Waals surface area contributed by atoms with Crippen LogP contribution in [0.4, 0.5) is 18.9 Å². The van der Waals surface area contributed by atoms with Crippen molar-refractivity contribution in [1.82, 2.24) is 0 Å². The average Bonchev–Trinajstić information content (AvgIpc) is 2.64. The van der Waals surface area contributed by atoms with E-state index in [4.69, 9.17) is 0 Å². The number of thiophene rings is 1. The van der Waals surface area contributed by atoms with Crippen molar-refractivity contribution < 1.29 is 25.8 Å². The first-order valence-corrected chi connectivity index (χ1v) is 6.68. The van der Waals surface area contributed by atoms with E-state index in [0.717, 1.165) is 0 Å². The number of hydrogen-bond acceptors (Lipinski definition) is 5. The van der Waals surface area contributed by atoms with Crippen LogP contribution in [0, 0.1) is 0 Å². The van der Waals surface area contributed by atoms with E-state index in [9.17, 15) is 21.6 Å². The third kappa shape index (κ3) is 2.25. The summed E-state index contributed by atoms with van der Waals surface area (Å²) in [5, 5.41) is 6.05. The molecule has 1 aromatic heterocycles. The Labute approximate surface area is 98.8 Å². The Hall–Kier alpha value is -1.22. The largest absolute Gasteiger partial charge is 0.534 e. The molecule has 0 spiro atoms. The molecule has 0 radical (unpaired) electrons. The molecule has 0 fully saturated rings. The molecule has 1 aromatic rings. The summed E-state index contributed by atoms with van der Waals surface area (Å²) >= 11 is 1.23. The summed E-state index contributed by atoms with van der Waals surface area (Å²) in [6.45, 7) is 0.215. The van der Waals surface area contributed by atoms with E-state index in [1.54, 1.807) is 5.38 Å². The van der Waals surface area contributed by atoms with Gasteiger partial charge in [-0.3, -0.25) is 0 Å². The van der Waals surface area contributed by atoms with Crippen molar-refractivity contribution in [3.8, 4) is 0 Å². The normalized spacial score (nSPS) is 15.8. The number of halogens is 3. The molecule has 1 aliphatic heterocycles. The van der Waals surface area contributed by atoms with Crippen LogP contribution in [0.3, 0.4) is 0 Å². The molecule has 94 valence electrons. The van der Waals surface area contributed by atoms with Gasteiger partial charge in [0.2, 0.25) is 0 Å². The van der Waals surface area contributed by atoms with Crippen LogP contribution in [0.2, 0.25) is 0 Å². The van der Waals surface area contributed by atoms with Crippen molar-refractivity contribution >= 4 is 32.9 Å². The van der Waals surface area contributed by atoms with Crippen molar-refractivity contribution in [3.63, 3.8) is 0 Å². The van der Waals surface area contributed by atoms with Gasteiger partial charge in [0, 0.05) is 17.3 Å². The molecule has 2 rings (SSSR count). The van der Waals surface area contributed by atoms with Crippen LogP contribution < -0.4 is 5.32 Å². The molecule has 0 unspecified atom stereocenters. The minimum absolute atomic E-state index is 0.215. The molecular weight excluding hydrogens is 279 g/mol. The lowest BCUT2D eigenvalue weighted by molar-refractivity contribution is -0.0509. The average molecular weight is 285 g/mol. The van der Waals surface area contributed by atoms with Crippen LogP contribution in [-0.2, 0) is 14.3 Å². The molecule has 17 heavy (non-hydrogen) atoms. The third-order valence-corrected chi connectivity index (χ3v) is 3.70. The van der Waals surface area contributed by atoms with Crippen LogP contribution in [0.25, 0.3) is 5.76 Å². The van der Waals surface area contributed by atoms with Crippen LogP contribution in [0.1, 0.15) is 5.56 Å². The predicted octanol–water partition coefficient (Wildman–Crippen LogP) is 2.38. The maximum Gasteiger partial charge on any atom is 0.534 e. The van der Waals surface area contributed by atoms with Crippen molar-refractivity contribution in [3.05, 3.63) is 22.4 Å². The lowest BCUT2D eigenvalue weighted by atomic mass is 10.2. The Morgan fingerprint density at radius 1 is 1.35 bits per heavy atom. The second-order valence-corrected chi connectivity index (χ2v) is 5.41. The maximum absolute atomic E-state index is 12.1. The Morgan fingerprint density at radius 3 is 2.71 bits per heavy atom. The number of nitrogens with one attached hydrogen (secondary N) is 1. The highest BCUT2D eigenvalue weighted by molar-refractivity contribution is 7.87. The molecule has 2 heterocycles. The van der Waals surface area contributed by atoms with Gasteiger partial charge in [-0.2, -0.15) is 21.6 Å². The summed E-state index contributed by atoms with van der Waals surface area (Å²) in [6.07, 6.45) is 1.25. The number of rotatable bonds is 2. The van der Waals surface area contributed by atoms with Crippen molar-refractivity contribution in [2.24, 2.45) is 0 Å². The van der Waals surface area contributed by atoms with Crippen molar-refractivity contribution in [1.29, 1.82) is 0 Å². The fraction of sp³-hybridized carbons (Fsp3) is 0.250. The Balaban J connectivity index is 2.31. The topological polar surface area (TPSA) is 55.4 Å². The highest BCUT2D eigenvalue weighted by Crippen LogP contribution is 2.35. The Bertz CT molecular complexity index is 559. The Kier molecular flexibility index (Phi) is 2.82. The Morgan fingerprint density at radius 2 is 2.06 bits per heavy atom. The van der Waals surface area contributed by atoms with E-state index in [2.05, 4.69) is 9.50 Å². The van der Waals surface area contributed by atoms with Gasteiger partial charge in [-0.15, -0.1) is 11.3 Å². The van der Waals surface area contributed by atoms with E-state index >= 15 is 0 Å². The van der Waals surface area contributed by atoms with E-state index in [-0.39, 0.29) is 12.3 Å². The number of fused-ring (bicyclic) bond motifs is 1. The first-order chi connectivity index (χ1) is 7.81. The monoisotopic (exact) mass is 285 g/mol. The summed E-state index contributed by atoms with van der Waals surface area (Å²) in [7, 11) is -5.61. The maximum atomic E-state index is 12.1. The lowest BCUT2D eigenvalue weighted by Gasteiger charge is -2.17. The number of alkyl halides is 3. The van der Waals surface area contributed by atoms with Gasteiger partial charge in [0.05, 0.1) is 11.3 Å². The van der Waals surface area contributed by atoms with Gasteiger partial charge in [-0.05, 0) is 6.08 Å². The van der Waals surface area contributed by atoms with Crippen LogP contribution in [-0.4, -0.2) is 20.5 Å². The molecule has 1 aliphatic rings. The molecule has 0 aliphatic carbocycles. The van der Waals surface area contributed by atoms with Gasteiger partial charge >= 0.3 is 15.6 Å². The zero-order chi connectivity index (χ0) is 12.7. The van der Waals surface area contributed by atoms with E-state index in [0.29, 0.717) is 11.3 Å². The van der Waals surface area contributed by atoms with Gasteiger partial charge < -0.3 is 9.50 Å². The van der Waals surface area contributed by atoms with E-state index in [1.807, 2.05) is 0 Å². The fourth-order valence-corrected chi connectivity index (χ4v) is 2.52. The van der Waals surface area contributed by atoms with E-state index in [1.165, 1.54) is 22.8 Å². The molecule has 0 amide bonds.